The van der Waals surface area contributed by atoms with Crippen molar-refractivity contribution in [2.45, 2.75) is 48.8 Å². The first kappa shape index (κ1) is 38.5. The van der Waals surface area contributed by atoms with E-state index in [1.807, 2.05) is 74.5 Å². The van der Waals surface area contributed by atoms with Gasteiger partial charge in [-0.3, -0.25) is 4.98 Å². The number of aromatic nitrogens is 1. The van der Waals surface area contributed by atoms with Crippen molar-refractivity contribution in [3.05, 3.63) is 161 Å². The Labute approximate surface area is 313 Å². The van der Waals surface area contributed by atoms with Crippen molar-refractivity contribution >= 4 is 20.0 Å². The minimum atomic E-state index is -4.09. The monoisotopic (exact) mass is 755 g/mol. The summed E-state index contributed by atoms with van der Waals surface area (Å²) in [7, 11) is -8.19. The Morgan fingerprint density at radius 1 is 0.491 bits per heavy atom. The van der Waals surface area contributed by atoms with Gasteiger partial charge in [-0.1, -0.05) is 102 Å². The van der Waals surface area contributed by atoms with E-state index in [-0.39, 0.29) is 62.5 Å². The van der Waals surface area contributed by atoms with Crippen molar-refractivity contribution in [1.82, 2.24) is 13.6 Å². The molecule has 0 aliphatic carbocycles. The fourth-order valence-electron chi connectivity index (χ4n) is 6.21. The molecule has 1 aliphatic rings. The van der Waals surface area contributed by atoms with Gasteiger partial charge < -0.3 is 14.2 Å². The molecule has 5 aromatic rings. The van der Waals surface area contributed by atoms with E-state index in [9.17, 15) is 16.8 Å². The average molecular weight is 756 g/mol. The molecule has 53 heavy (non-hydrogen) atoms. The molecule has 2 atom stereocenters. The quantitative estimate of drug-likeness (QED) is 0.190. The largest absolute Gasteiger partial charge is 0.377 e. The second-order valence-electron chi connectivity index (χ2n) is 13.0. The molecule has 1 aromatic heterocycles. The third-order valence-electron chi connectivity index (χ3n) is 9.11. The number of sulfonamides is 2. The minimum absolute atomic E-state index is 0.0655. The number of rotatable bonds is 6. The average Bonchev–Trinajstić information content (AvgIpc) is 3.16. The van der Waals surface area contributed by atoms with E-state index in [2.05, 4.69) is 0 Å². The maximum atomic E-state index is 14.6. The summed E-state index contributed by atoms with van der Waals surface area (Å²) in [6.45, 7) is 4.72. The molecule has 2 bridgehead atoms. The number of hydrogen-bond donors (Lipinski definition) is 0. The smallest absolute Gasteiger partial charge is 0.244 e. The van der Waals surface area contributed by atoms with Crippen LogP contribution in [0.25, 0.3) is 0 Å². The van der Waals surface area contributed by atoms with E-state index >= 15 is 0 Å². The Balaban J connectivity index is 1.46. The first-order chi connectivity index (χ1) is 25.6. The van der Waals surface area contributed by atoms with Crippen molar-refractivity contribution < 1.29 is 31.0 Å². The second-order valence-corrected chi connectivity index (χ2v) is 16.7. The number of fused-ring (bicyclic) bond motifs is 2. The molecule has 1 aliphatic heterocycles. The molecule has 0 unspecified atom stereocenters. The number of nitrogens with zero attached hydrogens (tertiary/aromatic N) is 3. The van der Waals surface area contributed by atoms with Crippen LogP contribution in [0.2, 0.25) is 0 Å². The highest BCUT2D eigenvalue weighted by atomic mass is 32.2. The molecule has 0 amide bonds. The molecule has 278 valence electrons. The van der Waals surface area contributed by atoms with Gasteiger partial charge in [-0.15, -0.1) is 0 Å². The van der Waals surface area contributed by atoms with E-state index in [0.29, 0.717) is 11.4 Å². The lowest BCUT2D eigenvalue weighted by Gasteiger charge is -2.32. The van der Waals surface area contributed by atoms with E-state index in [1.165, 1.54) is 8.61 Å². The Morgan fingerprint density at radius 2 is 0.868 bits per heavy atom. The minimum Gasteiger partial charge on any atom is -0.377 e. The number of ether oxygens (including phenoxy) is 3. The summed E-state index contributed by atoms with van der Waals surface area (Å²) in [4.78, 5) is 5.21. The predicted octanol–water partition coefficient (Wildman–Crippen LogP) is 6.63. The number of pyridine rings is 1. The zero-order chi connectivity index (χ0) is 37.3. The summed E-state index contributed by atoms with van der Waals surface area (Å²) in [5.74, 6) is 0. The SMILES string of the molecule is Cc1ccc(S(=O)(=O)N2Cc3cccc(n3)CN(S(=O)(=O)c3ccc(C)cc3)[C@@H](c3ccccc3)COCCOCCOC[C@@H]2c2ccccc2)cc1. The van der Waals surface area contributed by atoms with Crippen LogP contribution in [-0.4, -0.2) is 70.1 Å². The molecule has 0 spiro atoms. The normalized spacial score (nSPS) is 19.2. The Morgan fingerprint density at radius 3 is 1.26 bits per heavy atom. The van der Waals surface area contributed by atoms with Crippen molar-refractivity contribution in [3.63, 3.8) is 0 Å². The fourth-order valence-corrected chi connectivity index (χ4v) is 9.35. The summed E-state index contributed by atoms with van der Waals surface area (Å²) in [5.41, 5.74) is 4.27. The van der Waals surface area contributed by atoms with Crippen LogP contribution in [0, 0.1) is 13.8 Å². The molecule has 10 nitrogen and oxygen atoms in total. The van der Waals surface area contributed by atoms with Crippen LogP contribution in [0.1, 0.15) is 45.7 Å². The Bertz CT molecular complexity index is 1980. The van der Waals surface area contributed by atoms with Crippen LogP contribution in [0.15, 0.2) is 137 Å². The molecule has 0 N–H and O–H groups in total. The molecule has 2 heterocycles. The molecule has 0 fully saturated rings. The zero-order valence-electron chi connectivity index (χ0n) is 30.0. The molecule has 0 saturated carbocycles. The highest BCUT2D eigenvalue weighted by Gasteiger charge is 2.35. The van der Waals surface area contributed by atoms with Gasteiger partial charge in [0.05, 0.1) is 86.0 Å². The summed E-state index contributed by atoms with van der Waals surface area (Å²) in [6, 6.07) is 36.1. The third kappa shape index (κ3) is 9.64. The van der Waals surface area contributed by atoms with E-state index < -0.39 is 32.1 Å². The molecule has 12 heteroatoms. The first-order valence-corrected chi connectivity index (χ1v) is 20.5. The number of benzene rings is 4. The van der Waals surface area contributed by atoms with Gasteiger partial charge in [0, 0.05) is 0 Å². The van der Waals surface area contributed by atoms with Crippen LogP contribution < -0.4 is 0 Å². The standard InChI is InChI=1S/C41H45N3O7S2/c1-32-16-20-38(21-17-32)52(45,46)43-28-36-14-9-15-37(42-36)29-44(53(47,48)39-22-18-33(2)19-23-39)41(35-12-7-4-8-13-35)31-51-27-25-49-24-26-50-30-40(43)34-10-5-3-6-11-34/h3-23,40-41H,24-31H2,1-2H3/t40-,41-/m1/s1. The number of aryl methyl sites for hydroxylation is 2. The fraction of sp³-hybridized carbons (Fsp3) is 0.293. The molecule has 4 aromatic carbocycles. The van der Waals surface area contributed by atoms with Crippen LogP contribution in [0.5, 0.6) is 0 Å². The highest BCUT2D eigenvalue weighted by Crippen LogP contribution is 2.33. The van der Waals surface area contributed by atoms with Crippen LogP contribution in [-0.2, 0) is 47.3 Å². The van der Waals surface area contributed by atoms with Gasteiger partial charge >= 0.3 is 0 Å². The van der Waals surface area contributed by atoms with E-state index in [4.69, 9.17) is 19.2 Å². The maximum Gasteiger partial charge on any atom is 0.244 e. The zero-order valence-corrected chi connectivity index (χ0v) is 31.6. The maximum absolute atomic E-state index is 14.6. The van der Waals surface area contributed by atoms with Crippen molar-refractivity contribution in [1.29, 1.82) is 0 Å². The summed E-state index contributed by atoms with van der Waals surface area (Å²) in [6.07, 6.45) is 0. The first-order valence-electron chi connectivity index (χ1n) is 17.6. The molecular formula is C41H45N3O7S2. The van der Waals surface area contributed by atoms with Crippen LogP contribution >= 0.6 is 0 Å². The van der Waals surface area contributed by atoms with Crippen molar-refractivity contribution in [3.8, 4) is 0 Å². The van der Waals surface area contributed by atoms with Crippen LogP contribution in [0.3, 0.4) is 0 Å². The molecule has 0 saturated heterocycles. The van der Waals surface area contributed by atoms with Gasteiger partial charge in [0.25, 0.3) is 0 Å². The second kappa shape index (κ2) is 17.7. The Hall–Kier alpha value is -4.27. The lowest BCUT2D eigenvalue weighted by Crippen LogP contribution is -2.38. The lowest BCUT2D eigenvalue weighted by atomic mass is 10.1. The predicted molar refractivity (Wildman–Crippen MR) is 203 cm³/mol. The van der Waals surface area contributed by atoms with Gasteiger partial charge in [-0.25, -0.2) is 16.8 Å². The topological polar surface area (TPSA) is 115 Å². The van der Waals surface area contributed by atoms with E-state index in [1.54, 1.807) is 66.7 Å². The van der Waals surface area contributed by atoms with Crippen LogP contribution in [0.4, 0.5) is 0 Å². The highest BCUT2D eigenvalue weighted by molar-refractivity contribution is 7.89. The van der Waals surface area contributed by atoms with Gasteiger partial charge in [-0.2, -0.15) is 8.61 Å². The van der Waals surface area contributed by atoms with Gasteiger partial charge in [0.1, 0.15) is 0 Å². The van der Waals surface area contributed by atoms with Gasteiger partial charge in [0.2, 0.25) is 20.0 Å². The third-order valence-corrected chi connectivity index (χ3v) is 12.9. The van der Waals surface area contributed by atoms with Crippen molar-refractivity contribution in [2.75, 3.05) is 39.6 Å². The molecule has 6 rings (SSSR count). The van der Waals surface area contributed by atoms with Crippen molar-refractivity contribution in [2.24, 2.45) is 0 Å². The molecular weight excluding hydrogens is 711 g/mol. The summed E-state index contributed by atoms with van der Waals surface area (Å²) >= 11 is 0. The Kier molecular flexibility index (Phi) is 12.8. The summed E-state index contributed by atoms with van der Waals surface area (Å²) < 4.78 is 79.2. The molecule has 0 radical (unpaired) electrons. The lowest BCUT2D eigenvalue weighted by molar-refractivity contribution is -0.00196. The summed E-state index contributed by atoms with van der Waals surface area (Å²) in [5, 5.41) is 0. The van der Waals surface area contributed by atoms with Gasteiger partial charge in [-0.05, 0) is 61.4 Å². The number of hydrogen-bond acceptors (Lipinski definition) is 8. The van der Waals surface area contributed by atoms with E-state index in [0.717, 1.165) is 22.3 Å². The van der Waals surface area contributed by atoms with Gasteiger partial charge in [0.15, 0.2) is 0 Å².